The van der Waals surface area contributed by atoms with Crippen LogP contribution in [0.5, 0.6) is 0 Å². The van der Waals surface area contributed by atoms with Gasteiger partial charge in [0.1, 0.15) is 0 Å². The second-order valence-electron chi connectivity index (χ2n) is 6.44. The zero-order valence-electron chi connectivity index (χ0n) is 10.5. The maximum absolute atomic E-state index is 11.0. The Hall–Kier alpha value is -0.300. The van der Waals surface area contributed by atoms with Gasteiger partial charge in [-0.2, -0.15) is 0 Å². The van der Waals surface area contributed by atoms with Crippen molar-refractivity contribution in [1.82, 2.24) is 0 Å². The summed E-state index contributed by atoms with van der Waals surface area (Å²) >= 11 is 0. The Bertz CT molecular complexity index is 294. The molecule has 1 N–H and O–H groups in total. The molecule has 2 saturated carbocycles. The molecule has 4 atom stereocenters. The lowest BCUT2D eigenvalue weighted by atomic mass is 9.61. The van der Waals surface area contributed by atoms with Gasteiger partial charge in [0.2, 0.25) is 0 Å². The van der Waals surface area contributed by atoms with E-state index < -0.39 is 5.60 Å². The van der Waals surface area contributed by atoms with Crippen LogP contribution in [0.1, 0.15) is 47.0 Å². The van der Waals surface area contributed by atoms with Crippen LogP contribution in [0.25, 0.3) is 0 Å². The molecule has 0 spiro atoms. The summed E-state index contributed by atoms with van der Waals surface area (Å²) in [5, 5.41) is 11.0. The first-order valence-electron chi connectivity index (χ1n) is 6.14. The molecule has 2 aliphatic carbocycles. The number of rotatable bonds is 2. The van der Waals surface area contributed by atoms with Crippen molar-refractivity contribution in [3.63, 3.8) is 0 Å². The largest absolute Gasteiger partial charge is 0.389 e. The average Bonchev–Trinajstić information content (AvgIpc) is 2.48. The van der Waals surface area contributed by atoms with Crippen LogP contribution in [0, 0.1) is 22.7 Å². The normalized spacial score (nSPS) is 49.3. The SMILES string of the molecule is C=C[C@@H](C)[C@@]1(O)C[C@H]2CC[C@]1(C)C2(C)C. The Morgan fingerprint density at radius 1 is 1.40 bits per heavy atom. The first kappa shape index (κ1) is 11.2. The number of fused-ring (bicyclic) bond motifs is 2. The van der Waals surface area contributed by atoms with Crippen LogP contribution in [0.3, 0.4) is 0 Å². The highest BCUT2D eigenvalue weighted by molar-refractivity contribution is 5.20. The second-order valence-corrected chi connectivity index (χ2v) is 6.44. The van der Waals surface area contributed by atoms with Gasteiger partial charge in [-0.25, -0.2) is 0 Å². The van der Waals surface area contributed by atoms with E-state index in [2.05, 4.69) is 34.3 Å². The van der Waals surface area contributed by atoms with Crippen molar-refractivity contribution in [3.05, 3.63) is 12.7 Å². The molecule has 1 nitrogen and oxygen atoms in total. The highest BCUT2D eigenvalue weighted by atomic mass is 16.3. The highest BCUT2D eigenvalue weighted by Gasteiger charge is 2.69. The monoisotopic (exact) mass is 208 g/mol. The molecule has 2 bridgehead atoms. The van der Waals surface area contributed by atoms with Gasteiger partial charge in [0.05, 0.1) is 5.60 Å². The highest BCUT2D eigenvalue weighted by Crippen LogP contribution is 2.71. The Morgan fingerprint density at radius 2 is 2.00 bits per heavy atom. The third-order valence-electron chi connectivity index (χ3n) is 6.06. The number of aliphatic hydroxyl groups is 1. The van der Waals surface area contributed by atoms with Crippen molar-refractivity contribution in [3.8, 4) is 0 Å². The van der Waals surface area contributed by atoms with Crippen molar-refractivity contribution >= 4 is 0 Å². The molecule has 0 radical (unpaired) electrons. The molecule has 0 aromatic heterocycles. The van der Waals surface area contributed by atoms with Gasteiger partial charge < -0.3 is 5.11 Å². The van der Waals surface area contributed by atoms with Crippen LogP contribution < -0.4 is 0 Å². The maximum atomic E-state index is 11.0. The topological polar surface area (TPSA) is 20.2 Å². The van der Waals surface area contributed by atoms with Crippen LogP contribution in [-0.2, 0) is 0 Å². The average molecular weight is 208 g/mol. The van der Waals surface area contributed by atoms with E-state index in [1.54, 1.807) is 0 Å². The van der Waals surface area contributed by atoms with Gasteiger partial charge >= 0.3 is 0 Å². The molecule has 0 unspecified atom stereocenters. The minimum Gasteiger partial charge on any atom is -0.389 e. The molecule has 2 fully saturated rings. The summed E-state index contributed by atoms with van der Waals surface area (Å²) in [6.07, 6.45) is 5.33. The Balaban J connectivity index is 2.45. The predicted molar refractivity (Wildman–Crippen MR) is 63.5 cm³/mol. The molecule has 0 heterocycles. The van der Waals surface area contributed by atoms with E-state index in [0.29, 0.717) is 5.92 Å². The molecule has 0 amide bonds. The van der Waals surface area contributed by atoms with Crippen molar-refractivity contribution < 1.29 is 5.11 Å². The van der Waals surface area contributed by atoms with E-state index >= 15 is 0 Å². The van der Waals surface area contributed by atoms with Gasteiger partial charge in [-0.1, -0.05) is 33.8 Å². The second kappa shape index (κ2) is 2.88. The molecule has 0 aromatic rings. The van der Waals surface area contributed by atoms with Crippen LogP contribution >= 0.6 is 0 Å². The lowest BCUT2D eigenvalue weighted by molar-refractivity contribution is -0.113. The van der Waals surface area contributed by atoms with Gasteiger partial charge in [-0.05, 0) is 30.6 Å². The first-order valence-corrected chi connectivity index (χ1v) is 6.14. The molecule has 2 rings (SSSR count). The summed E-state index contributed by atoms with van der Waals surface area (Å²) in [4.78, 5) is 0. The Kier molecular flexibility index (Phi) is 2.15. The van der Waals surface area contributed by atoms with Crippen LogP contribution in [-0.4, -0.2) is 10.7 Å². The van der Waals surface area contributed by atoms with E-state index in [9.17, 15) is 5.11 Å². The smallest absolute Gasteiger partial charge is 0.0768 e. The molecule has 1 heteroatoms. The van der Waals surface area contributed by atoms with Crippen molar-refractivity contribution in [1.29, 1.82) is 0 Å². The molecule has 15 heavy (non-hydrogen) atoms. The minimum absolute atomic E-state index is 0.0677. The van der Waals surface area contributed by atoms with E-state index in [1.165, 1.54) is 12.8 Å². The Morgan fingerprint density at radius 3 is 2.33 bits per heavy atom. The van der Waals surface area contributed by atoms with Gasteiger partial charge in [0.15, 0.2) is 0 Å². The quantitative estimate of drug-likeness (QED) is 0.690. The summed E-state index contributed by atoms with van der Waals surface area (Å²) in [6, 6.07) is 0. The minimum atomic E-state index is -0.527. The third-order valence-corrected chi connectivity index (χ3v) is 6.06. The zero-order chi connectivity index (χ0) is 11.5. The molecule has 2 aliphatic rings. The summed E-state index contributed by atoms with van der Waals surface area (Å²) in [5.74, 6) is 0.891. The van der Waals surface area contributed by atoms with Crippen molar-refractivity contribution in [2.45, 2.75) is 52.6 Å². The van der Waals surface area contributed by atoms with Crippen LogP contribution in [0.15, 0.2) is 12.7 Å². The van der Waals surface area contributed by atoms with Crippen molar-refractivity contribution in [2.75, 3.05) is 0 Å². The lowest BCUT2D eigenvalue weighted by Gasteiger charge is -2.48. The lowest BCUT2D eigenvalue weighted by Crippen LogP contribution is -2.51. The van der Waals surface area contributed by atoms with Crippen molar-refractivity contribution in [2.24, 2.45) is 22.7 Å². The van der Waals surface area contributed by atoms with Crippen LogP contribution in [0.2, 0.25) is 0 Å². The maximum Gasteiger partial charge on any atom is 0.0768 e. The van der Waals surface area contributed by atoms with E-state index in [4.69, 9.17) is 0 Å². The molecular formula is C14H24O. The van der Waals surface area contributed by atoms with Gasteiger partial charge in [-0.15, -0.1) is 6.58 Å². The summed E-state index contributed by atoms with van der Waals surface area (Å²) in [6.45, 7) is 12.9. The molecule has 86 valence electrons. The molecule has 0 aromatic carbocycles. The fourth-order valence-electron chi connectivity index (χ4n) is 4.21. The summed E-state index contributed by atoms with van der Waals surface area (Å²) in [7, 11) is 0. The van der Waals surface area contributed by atoms with E-state index in [1.807, 2.05) is 6.08 Å². The third kappa shape index (κ3) is 1.03. The van der Waals surface area contributed by atoms with E-state index in [0.717, 1.165) is 6.42 Å². The number of hydrogen-bond acceptors (Lipinski definition) is 1. The first-order chi connectivity index (χ1) is 6.79. The van der Waals surface area contributed by atoms with Gasteiger partial charge in [0.25, 0.3) is 0 Å². The fourth-order valence-corrected chi connectivity index (χ4v) is 4.21. The molecule has 0 aliphatic heterocycles. The predicted octanol–water partition coefficient (Wildman–Crippen LogP) is 3.39. The molecular weight excluding hydrogens is 184 g/mol. The summed E-state index contributed by atoms with van der Waals surface area (Å²) < 4.78 is 0. The number of hydrogen-bond donors (Lipinski definition) is 1. The fraction of sp³-hybridized carbons (Fsp3) is 0.857. The van der Waals surface area contributed by atoms with E-state index in [-0.39, 0.29) is 16.7 Å². The molecule has 0 saturated heterocycles. The zero-order valence-corrected chi connectivity index (χ0v) is 10.5. The Labute approximate surface area is 93.6 Å². The van der Waals surface area contributed by atoms with Gasteiger partial charge in [-0.3, -0.25) is 0 Å². The summed E-state index contributed by atoms with van der Waals surface area (Å²) in [5.41, 5.74) is -0.182. The standard InChI is InChI=1S/C14H24O/c1-6-10(2)14(15)9-11-7-8-13(14,5)12(11,3)4/h6,10-11,15H,1,7-9H2,2-5H3/t10-,11-,13-,14+/m1/s1. The van der Waals surface area contributed by atoms with Crippen LogP contribution in [0.4, 0.5) is 0 Å². The van der Waals surface area contributed by atoms with Gasteiger partial charge in [0, 0.05) is 11.3 Å².